The quantitative estimate of drug-likeness (QED) is 0.0559. The van der Waals surface area contributed by atoms with Crippen LogP contribution < -0.4 is 24.4 Å². The van der Waals surface area contributed by atoms with Gasteiger partial charge in [-0.2, -0.15) is 0 Å². The fraction of sp³-hybridized carbons (Fsp3) is 0.273. The summed E-state index contributed by atoms with van der Waals surface area (Å²) in [5, 5.41) is 16.2. The molecule has 5 aromatic carbocycles. The predicted molar refractivity (Wildman–Crippen MR) is 237 cm³/mol. The van der Waals surface area contributed by atoms with E-state index in [4.69, 9.17) is 9.47 Å². The number of nitrogens with zero attached hydrogens (tertiary/aromatic N) is 6. The summed E-state index contributed by atoms with van der Waals surface area (Å²) in [7, 11) is -0.318. The minimum atomic E-state index is -4.27. The van der Waals surface area contributed by atoms with Gasteiger partial charge in [-0.05, 0) is 98.3 Å². The van der Waals surface area contributed by atoms with Crippen molar-refractivity contribution in [2.45, 2.75) is 28.8 Å². The lowest BCUT2D eigenvalue weighted by atomic mass is 9.98. The molecule has 60 heavy (non-hydrogen) atoms. The Bertz CT molecular complexity index is 2590. The van der Waals surface area contributed by atoms with E-state index in [1.165, 1.54) is 29.6 Å². The molecule has 1 aromatic heterocycles. The van der Waals surface area contributed by atoms with Crippen molar-refractivity contribution >= 4 is 55.6 Å². The van der Waals surface area contributed by atoms with Gasteiger partial charge in [0.05, 0.1) is 15.3 Å². The van der Waals surface area contributed by atoms with Crippen molar-refractivity contribution in [3.8, 4) is 22.6 Å². The summed E-state index contributed by atoms with van der Waals surface area (Å²) < 4.78 is 41.2. The van der Waals surface area contributed by atoms with Crippen LogP contribution in [0.1, 0.15) is 12.0 Å². The number of rotatable bonds is 16. The second-order valence-electron chi connectivity index (χ2n) is 15.0. The van der Waals surface area contributed by atoms with Crippen molar-refractivity contribution in [2.75, 3.05) is 74.3 Å². The molecule has 8 rings (SSSR count). The number of nitro benzene ring substituents is 1. The highest BCUT2D eigenvalue weighted by molar-refractivity contribution is 7.99. The molecule has 14 nitrogen and oxygen atoms in total. The van der Waals surface area contributed by atoms with E-state index in [0.29, 0.717) is 16.7 Å². The summed E-state index contributed by atoms with van der Waals surface area (Å²) in [6.07, 6.45) is 2.04. The Balaban J connectivity index is 0.931. The molecule has 0 saturated carbocycles. The van der Waals surface area contributed by atoms with E-state index >= 15 is 0 Å². The first-order valence-corrected chi connectivity index (χ1v) is 22.2. The summed E-state index contributed by atoms with van der Waals surface area (Å²) in [6.45, 7) is 5.12. The Labute approximate surface area is 353 Å². The largest absolute Gasteiger partial charge is 0.454 e. The highest BCUT2D eigenvalue weighted by atomic mass is 32.2. The number of nitrogens with one attached hydrogen (secondary N) is 2. The van der Waals surface area contributed by atoms with Crippen LogP contribution in [-0.4, -0.2) is 98.5 Å². The maximum Gasteiger partial charge on any atom is 0.293 e. The van der Waals surface area contributed by atoms with Crippen LogP contribution in [-0.2, 0) is 16.6 Å². The van der Waals surface area contributed by atoms with Crippen LogP contribution in [0.5, 0.6) is 11.5 Å². The molecule has 0 aliphatic carbocycles. The van der Waals surface area contributed by atoms with E-state index in [1.807, 2.05) is 74.8 Å². The number of thioether (sulfide) groups is 1. The van der Waals surface area contributed by atoms with Gasteiger partial charge in [-0.25, -0.2) is 18.4 Å². The van der Waals surface area contributed by atoms with Gasteiger partial charge in [-0.1, -0.05) is 48.5 Å². The van der Waals surface area contributed by atoms with Crippen molar-refractivity contribution < 1.29 is 22.8 Å². The van der Waals surface area contributed by atoms with Gasteiger partial charge < -0.3 is 24.6 Å². The molecule has 0 unspecified atom stereocenters. The van der Waals surface area contributed by atoms with Crippen LogP contribution in [0.3, 0.4) is 0 Å². The van der Waals surface area contributed by atoms with Gasteiger partial charge >= 0.3 is 0 Å². The molecule has 2 aliphatic heterocycles. The maximum absolute atomic E-state index is 13.8. The Hall–Kier alpha value is -5.94. The highest BCUT2D eigenvalue weighted by Gasteiger charge is 2.25. The third kappa shape index (κ3) is 9.57. The zero-order valence-electron chi connectivity index (χ0n) is 33.4. The molecular weight excluding hydrogens is 801 g/mol. The van der Waals surface area contributed by atoms with Gasteiger partial charge in [0.1, 0.15) is 12.0 Å². The molecule has 1 fully saturated rings. The fourth-order valence-corrected chi connectivity index (χ4v) is 9.46. The maximum atomic E-state index is 13.8. The molecule has 1 atom stereocenters. The van der Waals surface area contributed by atoms with Gasteiger partial charge in [-0.3, -0.25) is 19.7 Å². The molecule has 0 radical (unpaired) electrons. The van der Waals surface area contributed by atoms with E-state index in [0.717, 1.165) is 79.4 Å². The third-order valence-electron chi connectivity index (χ3n) is 10.6. The van der Waals surface area contributed by atoms with Crippen molar-refractivity contribution in [3.05, 3.63) is 131 Å². The SMILES string of the molecule is CN(C)CC[C@H](CSc1ccccc1)Nc1ccc(S(=O)(=O)Nc2ncnc3cc(N4CCN(Cc5ccccc5-c5ccc6c(c5)OCO6)CC4)ccc23)cc1[N+](=O)[O-]. The Kier molecular flexibility index (Phi) is 12.3. The van der Waals surface area contributed by atoms with Crippen molar-refractivity contribution in [2.24, 2.45) is 0 Å². The Morgan fingerprint density at radius 1 is 0.883 bits per heavy atom. The third-order valence-corrected chi connectivity index (χ3v) is 13.1. The summed E-state index contributed by atoms with van der Waals surface area (Å²) >= 11 is 1.66. The number of nitro groups is 1. The molecule has 2 N–H and O–H groups in total. The molecule has 0 amide bonds. The first kappa shape index (κ1) is 40.8. The Morgan fingerprint density at radius 2 is 1.67 bits per heavy atom. The lowest BCUT2D eigenvalue weighted by Gasteiger charge is -2.36. The van der Waals surface area contributed by atoms with Crippen LogP contribution in [0.25, 0.3) is 22.0 Å². The number of ether oxygens (including phenoxy) is 2. The lowest BCUT2D eigenvalue weighted by molar-refractivity contribution is -0.384. The summed E-state index contributed by atoms with van der Waals surface area (Å²) in [6, 6.07) is 34.0. The number of benzene rings is 5. The molecule has 6 aromatic rings. The zero-order valence-corrected chi connectivity index (χ0v) is 35.0. The van der Waals surface area contributed by atoms with E-state index in [9.17, 15) is 18.5 Å². The number of hydrogen-bond acceptors (Lipinski definition) is 13. The molecule has 310 valence electrons. The van der Waals surface area contributed by atoms with Crippen LogP contribution >= 0.6 is 11.8 Å². The second kappa shape index (κ2) is 18.1. The topological polar surface area (TPSA) is 155 Å². The van der Waals surface area contributed by atoms with Crippen LogP contribution in [0, 0.1) is 10.1 Å². The summed E-state index contributed by atoms with van der Waals surface area (Å²) in [5.41, 5.74) is 4.96. The average molecular weight is 847 g/mol. The molecule has 1 saturated heterocycles. The standard InChI is InChI=1S/C44H46N8O6S2/c1-49(2)19-18-33(28-59-35-9-4-3-5-10-35)47-39-16-14-36(26-41(39)52(53)54)60(55,56)48-44-38-15-13-34(25-40(38)45-29-46-44)51-22-20-50(21-23-51)27-32-8-6-7-11-37(32)31-12-17-42-43(24-31)58-30-57-42/h3-17,24-26,29,33,47H,18-23,27-28,30H2,1-2H3,(H,45,46,48)/t33-/m1/s1. The minimum absolute atomic E-state index is 0.0871. The second-order valence-corrected chi connectivity index (χ2v) is 17.8. The zero-order chi connectivity index (χ0) is 41.6. The van der Waals surface area contributed by atoms with Gasteiger partial charge in [0.2, 0.25) is 6.79 Å². The predicted octanol–water partition coefficient (Wildman–Crippen LogP) is 7.58. The fourth-order valence-electron chi connectivity index (χ4n) is 7.41. The normalized spacial score (nSPS) is 14.7. The average Bonchev–Trinajstić information content (AvgIpc) is 3.73. The molecular formula is C44H46N8O6S2. The van der Waals surface area contributed by atoms with Gasteiger partial charge in [-0.15, -0.1) is 11.8 Å². The lowest BCUT2D eigenvalue weighted by Crippen LogP contribution is -2.46. The molecule has 2 aliphatic rings. The summed E-state index contributed by atoms with van der Waals surface area (Å²) in [4.78, 5) is 28.1. The van der Waals surface area contributed by atoms with E-state index in [-0.39, 0.29) is 34.9 Å². The molecule has 0 bridgehead atoms. The highest BCUT2D eigenvalue weighted by Crippen LogP contribution is 2.37. The van der Waals surface area contributed by atoms with Crippen LogP contribution in [0.15, 0.2) is 125 Å². The first-order valence-electron chi connectivity index (χ1n) is 19.7. The number of sulfonamides is 1. The van der Waals surface area contributed by atoms with Crippen molar-refractivity contribution in [1.29, 1.82) is 0 Å². The smallest absolute Gasteiger partial charge is 0.293 e. The minimum Gasteiger partial charge on any atom is -0.454 e. The molecule has 16 heteroatoms. The number of fused-ring (bicyclic) bond motifs is 2. The van der Waals surface area contributed by atoms with Crippen LogP contribution in [0.4, 0.5) is 22.9 Å². The van der Waals surface area contributed by atoms with E-state index < -0.39 is 14.9 Å². The number of aromatic nitrogens is 2. The van der Waals surface area contributed by atoms with Gasteiger partial charge in [0, 0.05) is 66.6 Å². The number of anilines is 3. The van der Waals surface area contributed by atoms with Crippen molar-refractivity contribution in [3.63, 3.8) is 0 Å². The first-order chi connectivity index (χ1) is 29.1. The monoisotopic (exact) mass is 846 g/mol. The van der Waals surface area contributed by atoms with Crippen molar-refractivity contribution in [1.82, 2.24) is 19.8 Å². The van der Waals surface area contributed by atoms with Gasteiger partial charge in [0.15, 0.2) is 17.3 Å². The van der Waals surface area contributed by atoms with E-state index in [1.54, 1.807) is 11.8 Å². The number of piperazine rings is 1. The molecule has 0 spiro atoms. The number of hydrogen-bond donors (Lipinski definition) is 2. The van der Waals surface area contributed by atoms with E-state index in [2.05, 4.69) is 65.0 Å². The Morgan fingerprint density at radius 3 is 2.47 bits per heavy atom. The summed E-state index contributed by atoms with van der Waals surface area (Å²) in [5.74, 6) is 2.28. The van der Waals surface area contributed by atoms with Crippen LogP contribution in [0.2, 0.25) is 0 Å². The van der Waals surface area contributed by atoms with Gasteiger partial charge in [0.25, 0.3) is 15.7 Å². The molecule has 3 heterocycles.